The fourth-order valence-corrected chi connectivity index (χ4v) is 1.13. The van der Waals surface area contributed by atoms with E-state index in [0.717, 1.165) is 6.54 Å². The molecule has 3 heteroatoms. The normalized spacial score (nSPS) is 18.8. The van der Waals surface area contributed by atoms with Gasteiger partial charge in [0.1, 0.15) is 0 Å². The number of carboxylic acids is 1. The Balaban J connectivity index is 2.10. The van der Waals surface area contributed by atoms with E-state index in [0.29, 0.717) is 19.5 Å². The van der Waals surface area contributed by atoms with Gasteiger partial charge in [0.2, 0.25) is 0 Å². The van der Waals surface area contributed by atoms with E-state index in [1.54, 1.807) is 0 Å². The standard InChI is InChI=1S/C8H11NO2/c1-2-3-4-9-5-7(6-9)8(10)11/h1,7H,3-6H2,(H,10,11). The van der Waals surface area contributed by atoms with Crippen LogP contribution < -0.4 is 0 Å². The molecule has 0 amide bonds. The van der Waals surface area contributed by atoms with Gasteiger partial charge in [-0.2, -0.15) is 0 Å². The van der Waals surface area contributed by atoms with E-state index in [9.17, 15) is 4.79 Å². The van der Waals surface area contributed by atoms with E-state index >= 15 is 0 Å². The molecule has 0 unspecified atom stereocenters. The number of aliphatic carboxylic acids is 1. The van der Waals surface area contributed by atoms with Gasteiger partial charge in [-0.05, 0) is 0 Å². The fourth-order valence-electron chi connectivity index (χ4n) is 1.13. The molecule has 1 N–H and O–H groups in total. The molecule has 1 heterocycles. The molecule has 0 aliphatic carbocycles. The molecule has 0 radical (unpaired) electrons. The quantitative estimate of drug-likeness (QED) is 0.581. The summed E-state index contributed by atoms with van der Waals surface area (Å²) < 4.78 is 0. The van der Waals surface area contributed by atoms with Crippen LogP contribution in [0.3, 0.4) is 0 Å². The zero-order valence-corrected chi connectivity index (χ0v) is 6.29. The molecule has 0 bridgehead atoms. The first kappa shape index (κ1) is 8.09. The number of carboxylic acid groups (broad SMARTS) is 1. The molecule has 0 atom stereocenters. The van der Waals surface area contributed by atoms with Crippen molar-refractivity contribution in [3.8, 4) is 12.3 Å². The van der Waals surface area contributed by atoms with Crippen molar-refractivity contribution in [3.05, 3.63) is 0 Å². The lowest BCUT2D eigenvalue weighted by molar-refractivity contribution is -0.147. The third-order valence-corrected chi connectivity index (χ3v) is 1.88. The van der Waals surface area contributed by atoms with Gasteiger partial charge in [0.25, 0.3) is 0 Å². The van der Waals surface area contributed by atoms with E-state index in [1.807, 2.05) is 0 Å². The van der Waals surface area contributed by atoms with Gasteiger partial charge in [-0.25, -0.2) is 0 Å². The SMILES string of the molecule is C#CCCN1CC(C(=O)O)C1. The highest BCUT2D eigenvalue weighted by atomic mass is 16.4. The van der Waals surface area contributed by atoms with Crippen molar-refractivity contribution in [3.63, 3.8) is 0 Å². The summed E-state index contributed by atoms with van der Waals surface area (Å²) in [4.78, 5) is 12.4. The molecule has 1 aliphatic heterocycles. The van der Waals surface area contributed by atoms with Crippen LogP contribution in [0.2, 0.25) is 0 Å². The Bertz CT molecular complexity index is 189. The van der Waals surface area contributed by atoms with Gasteiger partial charge >= 0.3 is 5.97 Å². The predicted molar refractivity (Wildman–Crippen MR) is 41.0 cm³/mol. The Labute approximate surface area is 66.0 Å². The molecule has 1 aliphatic rings. The number of nitrogens with zero attached hydrogens (tertiary/aromatic N) is 1. The molecule has 0 saturated carbocycles. The van der Waals surface area contributed by atoms with Gasteiger partial charge in [0.05, 0.1) is 5.92 Å². The van der Waals surface area contributed by atoms with Crippen molar-refractivity contribution in [1.29, 1.82) is 0 Å². The summed E-state index contributed by atoms with van der Waals surface area (Å²) in [6, 6.07) is 0. The lowest BCUT2D eigenvalue weighted by Crippen LogP contribution is -2.50. The van der Waals surface area contributed by atoms with Crippen molar-refractivity contribution in [2.45, 2.75) is 6.42 Å². The first-order valence-electron chi connectivity index (χ1n) is 3.62. The fraction of sp³-hybridized carbons (Fsp3) is 0.625. The highest BCUT2D eigenvalue weighted by Crippen LogP contribution is 2.14. The minimum Gasteiger partial charge on any atom is -0.481 e. The zero-order chi connectivity index (χ0) is 8.27. The maximum absolute atomic E-state index is 10.3. The Morgan fingerprint density at radius 1 is 1.73 bits per heavy atom. The van der Waals surface area contributed by atoms with Crippen LogP contribution in [0.4, 0.5) is 0 Å². The summed E-state index contributed by atoms with van der Waals surface area (Å²) in [7, 11) is 0. The Morgan fingerprint density at radius 2 is 2.36 bits per heavy atom. The maximum Gasteiger partial charge on any atom is 0.309 e. The van der Waals surface area contributed by atoms with Crippen LogP contribution in [0.5, 0.6) is 0 Å². The Hall–Kier alpha value is -1.01. The molecule has 1 fully saturated rings. The number of rotatable bonds is 3. The minimum atomic E-state index is -0.693. The summed E-state index contributed by atoms with van der Waals surface area (Å²) in [5.41, 5.74) is 0. The van der Waals surface area contributed by atoms with Crippen LogP contribution in [0.25, 0.3) is 0 Å². The molecule has 60 valence electrons. The monoisotopic (exact) mass is 153 g/mol. The molecule has 0 aromatic carbocycles. The number of terminal acetylenes is 1. The summed E-state index contributed by atoms with van der Waals surface area (Å²) in [5.74, 6) is 1.67. The summed E-state index contributed by atoms with van der Waals surface area (Å²) in [6.45, 7) is 2.16. The van der Waals surface area contributed by atoms with Crippen molar-refractivity contribution in [2.75, 3.05) is 19.6 Å². The van der Waals surface area contributed by atoms with Crippen molar-refractivity contribution >= 4 is 5.97 Å². The highest BCUT2D eigenvalue weighted by molar-refractivity contribution is 5.71. The molecule has 0 aromatic heterocycles. The van der Waals surface area contributed by atoms with Crippen LogP contribution in [-0.4, -0.2) is 35.6 Å². The van der Waals surface area contributed by atoms with Gasteiger partial charge in [-0.15, -0.1) is 12.3 Å². The third-order valence-electron chi connectivity index (χ3n) is 1.88. The highest BCUT2D eigenvalue weighted by Gasteiger charge is 2.31. The smallest absolute Gasteiger partial charge is 0.309 e. The minimum absolute atomic E-state index is 0.159. The van der Waals surface area contributed by atoms with E-state index in [1.165, 1.54) is 0 Å². The third kappa shape index (κ3) is 1.95. The number of hydrogen-bond acceptors (Lipinski definition) is 2. The molecular formula is C8H11NO2. The van der Waals surface area contributed by atoms with Gasteiger partial charge in [0.15, 0.2) is 0 Å². The first-order chi connectivity index (χ1) is 5.24. The lowest BCUT2D eigenvalue weighted by atomic mass is 10.0. The van der Waals surface area contributed by atoms with Crippen LogP contribution in [-0.2, 0) is 4.79 Å². The Morgan fingerprint density at radius 3 is 2.82 bits per heavy atom. The van der Waals surface area contributed by atoms with Gasteiger partial charge < -0.3 is 10.0 Å². The average molecular weight is 153 g/mol. The number of likely N-dealkylation sites (tertiary alicyclic amines) is 1. The number of carbonyl (C=O) groups is 1. The second kappa shape index (κ2) is 3.40. The largest absolute Gasteiger partial charge is 0.481 e. The van der Waals surface area contributed by atoms with E-state index in [-0.39, 0.29) is 5.92 Å². The van der Waals surface area contributed by atoms with Crippen LogP contribution in [0.15, 0.2) is 0 Å². The summed E-state index contributed by atoms with van der Waals surface area (Å²) in [6.07, 6.45) is 5.77. The van der Waals surface area contributed by atoms with Crippen molar-refractivity contribution in [2.24, 2.45) is 5.92 Å². The first-order valence-corrected chi connectivity index (χ1v) is 3.62. The second-order valence-corrected chi connectivity index (χ2v) is 2.75. The summed E-state index contributed by atoms with van der Waals surface area (Å²) >= 11 is 0. The van der Waals surface area contributed by atoms with Gasteiger partial charge in [-0.1, -0.05) is 0 Å². The maximum atomic E-state index is 10.3. The Kier molecular flexibility index (Phi) is 2.50. The molecule has 0 aromatic rings. The summed E-state index contributed by atoms with van der Waals surface area (Å²) in [5, 5.41) is 8.51. The molecule has 11 heavy (non-hydrogen) atoms. The van der Waals surface area contributed by atoms with Gasteiger partial charge in [0, 0.05) is 26.1 Å². The molecule has 0 spiro atoms. The van der Waals surface area contributed by atoms with E-state index in [4.69, 9.17) is 11.5 Å². The van der Waals surface area contributed by atoms with Crippen LogP contribution in [0.1, 0.15) is 6.42 Å². The van der Waals surface area contributed by atoms with E-state index in [2.05, 4.69) is 10.8 Å². The second-order valence-electron chi connectivity index (χ2n) is 2.75. The molecule has 3 nitrogen and oxygen atoms in total. The number of hydrogen-bond donors (Lipinski definition) is 1. The van der Waals surface area contributed by atoms with Crippen LogP contribution >= 0.6 is 0 Å². The zero-order valence-electron chi connectivity index (χ0n) is 6.29. The van der Waals surface area contributed by atoms with Crippen molar-refractivity contribution < 1.29 is 9.90 Å². The van der Waals surface area contributed by atoms with Crippen molar-refractivity contribution in [1.82, 2.24) is 4.90 Å². The van der Waals surface area contributed by atoms with E-state index < -0.39 is 5.97 Å². The molecule has 1 saturated heterocycles. The average Bonchev–Trinajstić information content (AvgIpc) is 1.84. The molecular weight excluding hydrogens is 142 g/mol. The molecule has 1 rings (SSSR count). The van der Waals surface area contributed by atoms with Gasteiger partial charge in [-0.3, -0.25) is 4.79 Å². The van der Waals surface area contributed by atoms with Crippen LogP contribution in [0, 0.1) is 18.3 Å². The lowest BCUT2D eigenvalue weighted by Gasteiger charge is -2.36. The topological polar surface area (TPSA) is 40.5 Å². The predicted octanol–water partition coefficient (Wildman–Crippen LogP) is 0.0261.